The fourth-order valence-electron chi connectivity index (χ4n) is 3.97. The molecule has 3 aromatic rings. The first-order valence-corrected chi connectivity index (χ1v) is 10.3. The predicted octanol–water partition coefficient (Wildman–Crippen LogP) is 3.66. The molecule has 2 atom stereocenters. The molecule has 1 aliphatic heterocycles. The topological polar surface area (TPSA) is 97.1 Å². The van der Waals surface area contributed by atoms with Gasteiger partial charge in [0.25, 0.3) is 0 Å². The Labute approximate surface area is 186 Å². The van der Waals surface area contributed by atoms with E-state index in [1.807, 2.05) is 0 Å². The van der Waals surface area contributed by atoms with Crippen molar-refractivity contribution in [2.24, 2.45) is 0 Å². The minimum atomic E-state index is -2.30. The lowest BCUT2D eigenvalue weighted by Crippen LogP contribution is -2.29. The smallest absolute Gasteiger partial charge is 0.224 e. The number of nitrogens with one attached hydrogen (secondary N) is 2. The largest absolute Gasteiger partial charge is 0.393 e. The van der Waals surface area contributed by atoms with E-state index in [0.29, 0.717) is 37.8 Å². The number of nitrogens with zero attached hydrogens (tertiary/aromatic N) is 4. The van der Waals surface area contributed by atoms with Crippen LogP contribution in [-0.4, -0.2) is 49.9 Å². The lowest BCUT2D eigenvalue weighted by Gasteiger charge is -2.26. The van der Waals surface area contributed by atoms with Crippen molar-refractivity contribution in [2.75, 3.05) is 23.8 Å². The molecule has 1 aromatic carbocycles. The number of fused-ring (bicyclic) bond motifs is 1. The van der Waals surface area contributed by atoms with Gasteiger partial charge in [-0.15, -0.1) is 0 Å². The van der Waals surface area contributed by atoms with E-state index in [4.69, 9.17) is 8.85 Å². The number of anilines is 3. The zero-order valence-corrected chi connectivity index (χ0v) is 16.9. The molecule has 1 saturated heterocycles. The highest BCUT2D eigenvalue weighted by Crippen LogP contribution is 2.32. The molecule has 2 unspecified atom stereocenters. The van der Waals surface area contributed by atoms with Crippen LogP contribution in [0.4, 0.5) is 30.8 Å². The second-order valence-electron chi connectivity index (χ2n) is 7.84. The SMILES string of the molecule is [2H]C1COC([2H])([2H])C1n1c(Nc2c(F)cc(F)cc2F)nc2cnc(NC3CCC(O)CC3)nc21. The molecule has 1 saturated carbocycles. The second-order valence-corrected chi connectivity index (χ2v) is 7.84. The first kappa shape index (κ1) is 17.6. The molecule has 0 amide bonds. The fourth-order valence-corrected chi connectivity index (χ4v) is 3.97. The Bertz CT molecular complexity index is 1230. The summed E-state index contributed by atoms with van der Waals surface area (Å²) in [6, 6.07) is -0.217. The van der Waals surface area contributed by atoms with Crippen molar-refractivity contribution in [2.45, 2.75) is 50.3 Å². The summed E-state index contributed by atoms with van der Waals surface area (Å²) >= 11 is 0. The Kier molecular flexibility index (Phi) is 4.71. The van der Waals surface area contributed by atoms with Gasteiger partial charge < -0.3 is 20.5 Å². The highest BCUT2D eigenvalue weighted by molar-refractivity contribution is 5.76. The minimum absolute atomic E-state index is 0.0254. The van der Waals surface area contributed by atoms with Crippen molar-refractivity contribution in [3.8, 4) is 0 Å². The highest BCUT2D eigenvalue weighted by Gasteiger charge is 2.27. The van der Waals surface area contributed by atoms with Gasteiger partial charge in [-0.3, -0.25) is 4.57 Å². The zero-order chi connectivity index (χ0) is 24.9. The maximum Gasteiger partial charge on any atom is 0.224 e. The van der Waals surface area contributed by atoms with Crippen LogP contribution in [0.25, 0.3) is 11.2 Å². The van der Waals surface area contributed by atoms with Gasteiger partial charge in [0.15, 0.2) is 17.3 Å². The number of hydrogen-bond acceptors (Lipinski definition) is 7. The molecule has 32 heavy (non-hydrogen) atoms. The summed E-state index contributed by atoms with van der Waals surface area (Å²) < 4.78 is 73.4. The number of hydrogen-bond donors (Lipinski definition) is 3. The standard InChI is InChI=1S/C21H23F3N6O2/c22-11-7-15(23)18(16(24)8-11)28-21-27-17-9-25-20(26-12-1-3-14(31)4-2-12)29-19(17)30(21)13-5-6-32-10-13/h7-9,12-14,31H,1-6,10H2,(H,27,28)(H,25,26,29)/i5D,10D2. The van der Waals surface area contributed by atoms with E-state index in [-0.39, 0.29) is 41.8 Å². The van der Waals surface area contributed by atoms with Gasteiger partial charge in [0.05, 0.1) is 27.6 Å². The van der Waals surface area contributed by atoms with Gasteiger partial charge in [-0.25, -0.2) is 23.1 Å². The van der Waals surface area contributed by atoms with Crippen LogP contribution in [0.15, 0.2) is 18.3 Å². The summed E-state index contributed by atoms with van der Waals surface area (Å²) in [4.78, 5) is 13.0. The van der Waals surface area contributed by atoms with Gasteiger partial charge >= 0.3 is 0 Å². The van der Waals surface area contributed by atoms with E-state index in [0.717, 1.165) is 0 Å². The van der Waals surface area contributed by atoms with Crippen molar-refractivity contribution >= 4 is 28.7 Å². The third-order valence-corrected chi connectivity index (χ3v) is 5.59. The lowest BCUT2D eigenvalue weighted by molar-refractivity contribution is 0.126. The normalized spacial score (nSPS) is 28.8. The van der Waals surface area contributed by atoms with Gasteiger partial charge in [0.1, 0.15) is 17.0 Å². The van der Waals surface area contributed by atoms with Gasteiger partial charge in [0.2, 0.25) is 11.9 Å². The molecule has 1 aliphatic carbocycles. The number of aromatic nitrogens is 4. The molecule has 0 radical (unpaired) electrons. The second kappa shape index (κ2) is 8.55. The summed E-state index contributed by atoms with van der Waals surface area (Å²) in [5, 5.41) is 15.4. The van der Waals surface area contributed by atoms with Crippen molar-refractivity contribution < 1.29 is 27.1 Å². The summed E-state index contributed by atoms with van der Waals surface area (Å²) in [7, 11) is 0. The number of ether oxygens (including phenoxy) is 1. The summed E-state index contributed by atoms with van der Waals surface area (Å²) in [5.74, 6) is -3.48. The molecular weight excluding hydrogens is 425 g/mol. The molecule has 11 heteroatoms. The van der Waals surface area contributed by atoms with Gasteiger partial charge in [-0.1, -0.05) is 0 Å². The molecule has 2 aromatic heterocycles. The van der Waals surface area contributed by atoms with Crippen molar-refractivity contribution in [3.05, 3.63) is 35.8 Å². The quantitative estimate of drug-likeness (QED) is 0.545. The van der Waals surface area contributed by atoms with Crippen molar-refractivity contribution in [1.29, 1.82) is 0 Å². The van der Waals surface area contributed by atoms with Gasteiger partial charge in [-0.2, -0.15) is 4.98 Å². The molecule has 0 bridgehead atoms. The number of aliphatic hydroxyl groups is 1. The van der Waals surface area contributed by atoms with Crippen LogP contribution in [0.5, 0.6) is 0 Å². The Morgan fingerprint density at radius 1 is 1.12 bits per heavy atom. The number of halogens is 3. The number of imidazole rings is 1. The van der Waals surface area contributed by atoms with E-state index in [1.165, 1.54) is 10.8 Å². The van der Waals surface area contributed by atoms with Crippen LogP contribution in [0.2, 0.25) is 0 Å². The fraction of sp³-hybridized carbons (Fsp3) is 0.476. The van der Waals surface area contributed by atoms with E-state index < -0.39 is 42.1 Å². The van der Waals surface area contributed by atoms with Crippen LogP contribution in [0, 0.1) is 17.5 Å². The molecule has 8 nitrogen and oxygen atoms in total. The summed E-state index contributed by atoms with van der Waals surface area (Å²) in [5.41, 5.74) is -0.369. The van der Waals surface area contributed by atoms with E-state index in [2.05, 4.69) is 25.6 Å². The zero-order valence-electron chi connectivity index (χ0n) is 19.9. The van der Waals surface area contributed by atoms with Crippen molar-refractivity contribution in [3.63, 3.8) is 0 Å². The molecule has 0 spiro atoms. The molecule has 5 rings (SSSR count). The molecule has 2 aliphatic rings. The lowest BCUT2D eigenvalue weighted by atomic mass is 9.93. The van der Waals surface area contributed by atoms with Gasteiger partial charge in [-0.05, 0) is 32.1 Å². The summed E-state index contributed by atoms with van der Waals surface area (Å²) in [6.45, 7) is -2.51. The van der Waals surface area contributed by atoms with Crippen LogP contribution < -0.4 is 10.6 Å². The van der Waals surface area contributed by atoms with E-state index in [1.54, 1.807) is 0 Å². The highest BCUT2D eigenvalue weighted by atomic mass is 19.1. The maximum atomic E-state index is 14.4. The third kappa shape index (κ3) is 4.09. The molecule has 2 fully saturated rings. The minimum Gasteiger partial charge on any atom is -0.393 e. The Hall–Kier alpha value is -2.92. The first-order chi connectivity index (χ1) is 16.6. The van der Waals surface area contributed by atoms with Crippen molar-refractivity contribution in [1.82, 2.24) is 19.5 Å². The molecule has 3 heterocycles. The average molecular weight is 451 g/mol. The van der Waals surface area contributed by atoms with E-state index >= 15 is 0 Å². The Balaban J connectivity index is 1.58. The molecule has 170 valence electrons. The van der Waals surface area contributed by atoms with Crippen LogP contribution >= 0.6 is 0 Å². The van der Waals surface area contributed by atoms with E-state index in [9.17, 15) is 18.3 Å². The van der Waals surface area contributed by atoms with Gasteiger partial charge in [0, 0.05) is 26.2 Å². The average Bonchev–Trinajstić information content (AvgIpc) is 3.26. The number of aliphatic hydroxyl groups excluding tert-OH is 1. The predicted molar refractivity (Wildman–Crippen MR) is 111 cm³/mol. The molecule has 3 N–H and O–H groups in total. The van der Waals surface area contributed by atoms with Crippen LogP contribution in [-0.2, 0) is 4.74 Å². The molecular formula is C21H23F3N6O2. The van der Waals surface area contributed by atoms with Crippen LogP contribution in [0.1, 0.15) is 42.2 Å². The monoisotopic (exact) mass is 451 g/mol. The first-order valence-electron chi connectivity index (χ1n) is 11.9. The third-order valence-electron chi connectivity index (χ3n) is 5.59. The maximum absolute atomic E-state index is 14.4. The Morgan fingerprint density at radius 3 is 2.56 bits per heavy atom. The number of benzene rings is 1. The Morgan fingerprint density at radius 2 is 1.88 bits per heavy atom. The summed E-state index contributed by atoms with van der Waals surface area (Å²) in [6.07, 6.45) is 2.68. The van der Waals surface area contributed by atoms with Crippen LogP contribution in [0.3, 0.4) is 0 Å². The number of rotatable bonds is 5.